The van der Waals surface area contributed by atoms with E-state index in [0.717, 1.165) is 32.1 Å². The maximum absolute atomic E-state index is 11.4. The first kappa shape index (κ1) is 14.7. The van der Waals surface area contributed by atoms with Crippen LogP contribution in [0.2, 0.25) is 0 Å². The fourth-order valence-corrected chi connectivity index (χ4v) is 1.77. The van der Waals surface area contributed by atoms with Crippen LogP contribution in [0.3, 0.4) is 0 Å². The molecule has 2 N–H and O–H groups in total. The topological polar surface area (TPSA) is 52.3 Å². The largest absolute Gasteiger partial charge is 0.466 e. The van der Waals surface area contributed by atoms with Gasteiger partial charge in [0.05, 0.1) is 6.61 Å². The molecular formula is C15H23NO2. The number of hydrogen-bond acceptors (Lipinski definition) is 3. The third-order valence-corrected chi connectivity index (χ3v) is 2.80. The zero-order valence-electron chi connectivity index (χ0n) is 10.9. The maximum atomic E-state index is 11.4. The van der Waals surface area contributed by atoms with Gasteiger partial charge in [-0.3, -0.25) is 4.79 Å². The van der Waals surface area contributed by atoms with E-state index in [0.29, 0.717) is 19.6 Å². The molecular weight excluding hydrogens is 226 g/mol. The summed E-state index contributed by atoms with van der Waals surface area (Å²) in [5.41, 5.74) is 6.67. The molecule has 0 atom stereocenters. The molecule has 0 amide bonds. The van der Waals surface area contributed by atoms with Gasteiger partial charge in [-0.05, 0) is 37.8 Å². The van der Waals surface area contributed by atoms with Crippen molar-refractivity contribution < 1.29 is 9.53 Å². The number of hydrogen-bond donors (Lipinski definition) is 1. The first-order valence-corrected chi connectivity index (χ1v) is 6.72. The Hall–Kier alpha value is -1.35. The van der Waals surface area contributed by atoms with Crippen molar-refractivity contribution in [2.75, 3.05) is 13.2 Å². The maximum Gasteiger partial charge on any atom is 0.305 e. The van der Waals surface area contributed by atoms with Gasteiger partial charge in [0.2, 0.25) is 0 Å². The van der Waals surface area contributed by atoms with E-state index in [2.05, 4.69) is 12.1 Å². The van der Waals surface area contributed by atoms with Crippen LogP contribution in [0, 0.1) is 0 Å². The van der Waals surface area contributed by atoms with Crippen LogP contribution in [-0.2, 0) is 16.0 Å². The molecule has 1 rings (SSSR count). The molecule has 0 heterocycles. The molecule has 1 aromatic rings. The minimum atomic E-state index is -0.0833. The van der Waals surface area contributed by atoms with Gasteiger partial charge in [-0.2, -0.15) is 0 Å². The van der Waals surface area contributed by atoms with Gasteiger partial charge in [0.1, 0.15) is 0 Å². The first-order chi connectivity index (χ1) is 8.83. The lowest BCUT2D eigenvalue weighted by molar-refractivity contribution is -0.143. The Labute approximate surface area is 109 Å². The highest BCUT2D eigenvalue weighted by Gasteiger charge is 2.02. The highest BCUT2D eigenvalue weighted by Crippen LogP contribution is 2.04. The molecule has 100 valence electrons. The molecule has 0 unspecified atom stereocenters. The molecule has 3 heteroatoms. The van der Waals surface area contributed by atoms with E-state index in [-0.39, 0.29) is 5.97 Å². The van der Waals surface area contributed by atoms with E-state index < -0.39 is 0 Å². The van der Waals surface area contributed by atoms with Crippen molar-refractivity contribution in [2.45, 2.75) is 38.5 Å². The summed E-state index contributed by atoms with van der Waals surface area (Å²) in [6, 6.07) is 10.2. The van der Waals surface area contributed by atoms with Crippen LogP contribution < -0.4 is 5.73 Å². The number of ether oxygens (including phenoxy) is 1. The molecule has 0 saturated heterocycles. The van der Waals surface area contributed by atoms with Crippen LogP contribution in [0.25, 0.3) is 0 Å². The van der Waals surface area contributed by atoms with Crippen molar-refractivity contribution in [1.82, 2.24) is 0 Å². The Balaban J connectivity index is 1.99. The molecule has 0 aliphatic heterocycles. The van der Waals surface area contributed by atoms with Crippen molar-refractivity contribution in [3.05, 3.63) is 35.9 Å². The fraction of sp³-hybridized carbons (Fsp3) is 0.533. The van der Waals surface area contributed by atoms with Gasteiger partial charge >= 0.3 is 5.97 Å². The summed E-state index contributed by atoms with van der Waals surface area (Å²) in [5.74, 6) is -0.0833. The second-order valence-electron chi connectivity index (χ2n) is 4.41. The molecule has 0 aliphatic carbocycles. The number of carbonyl (C=O) groups is 1. The second-order valence-corrected chi connectivity index (χ2v) is 4.41. The van der Waals surface area contributed by atoms with Crippen molar-refractivity contribution in [3.8, 4) is 0 Å². The normalized spacial score (nSPS) is 10.3. The molecule has 0 saturated carbocycles. The quantitative estimate of drug-likeness (QED) is 0.541. The lowest BCUT2D eigenvalue weighted by Crippen LogP contribution is -2.07. The van der Waals surface area contributed by atoms with Crippen LogP contribution in [0.1, 0.15) is 37.7 Å². The predicted octanol–water partition coefficient (Wildman–Crippen LogP) is 2.68. The Morgan fingerprint density at radius 3 is 2.56 bits per heavy atom. The minimum Gasteiger partial charge on any atom is -0.466 e. The summed E-state index contributed by atoms with van der Waals surface area (Å²) in [4.78, 5) is 11.4. The Bertz CT molecular complexity index is 325. The minimum absolute atomic E-state index is 0.0833. The van der Waals surface area contributed by atoms with Crippen molar-refractivity contribution in [3.63, 3.8) is 0 Å². The smallest absolute Gasteiger partial charge is 0.305 e. The average Bonchev–Trinajstić information content (AvgIpc) is 2.41. The van der Waals surface area contributed by atoms with E-state index in [9.17, 15) is 4.79 Å². The van der Waals surface area contributed by atoms with E-state index in [1.165, 1.54) is 5.56 Å². The summed E-state index contributed by atoms with van der Waals surface area (Å²) in [5, 5.41) is 0. The van der Waals surface area contributed by atoms with Crippen molar-refractivity contribution in [1.29, 1.82) is 0 Å². The zero-order valence-corrected chi connectivity index (χ0v) is 10.9. The summed E-state index contributed by atoms with van der Waals surface area (Å²) < 4.78 is 5.17. The molecule has 0 radical (unpaired) electrons. The van der Waals surface area contributed by atoms with Gasteiger partial charge in [0.25, 0.3) is 0 Å². The number of rotatable bonds is 9. The number of nitrogens with two attached hydrogens (primary N) is 1. The Kier molecular flexibility index (Phi) is 7.89. The van der Waals surface area contributed by atoms with Crippen molar-refractivity contribution in [2.24, 2.45) is 5.73 Å². The third kappa shape index (κ3) is 7.07. The van der Waals surface area contributed by atoms with Crippen molar-refractivity contribution >= 4 is 5.97 Å². The molecule has 18 heavy (non-hydrogen) atoms. The molecule has 0 spiro atoms. The zero-order chi connectivity index (χ0) is 13.1. The van der Waals surface area contributed by atoms with E-state index in [4.69, 9.17) is 10.5 Å². The lowest BCUT2D eigenvalue weighted by Gasteiger charge is -2.05. The highest BCUT2D eigenvalue weighted by atomic mass is 16.5. The van der Waals surface area contributed by atoms with Gasteiger partial charge in [-0.25, -0.2) is 0 Å². The highest BCUT2D eigenvalue weighted by molar-refractivity contribution is 5.69. The van der Waals surface area contributed by atoms with E-state index in [1.54, 1.807) is 0 Å². The second kappa shape index (κ2) is 9.66. The van der Waals surface area contributed by atoms with Gasteiger partial charge in [0, 0.05) is 6.42 Å². The predicted molar refractivity (Wildman–Crippen MR) is 73.2 cm³/mol. The SMILES string of the molecule is NCCCCCC(=O)OCCCc1ccccc1. The molecule has 0 aliphatic rings. The van der Waals surface area contributed by atoms with Gasteiger partial charge in [-0.15, -0.1) is 0 Å². The average molecular weight is 249 g/mol. The molecule has 0 aromatic heterocycles. The van der Waals surface area contributed by atoms with Crippen LogP contribution in [0.15, 0.2) is 30.3 Å². The molecule has 3 nitrogen and oxygen atoms in total. The molecule has 1 aromatic carbocycles. The number of carbonyl (C=O) groups excluding carboxylic acids is 1. The first-order valence-electron chi connectivity index (χ1n) is 6.72. The molecule has 0 fully saturated rings. The molecule has 0 bridgehead atoms. The number of esters is 1. The number of aryl methyl sites for hydroxylation is 1. The third-order valence-electron chi connectivity index (χ3n) is 2.80. The lowest BCUT2D eigenvalue weighted by atomic mass is 10.1. The summed E-state index contributed by atoms with van der Waals surface area (Å²) in [7, 11) is 0. The number of benzene rings is 1. The van der Waals surface area contributed by atoms with Crippen LogP contribution in [0.5, 0.6) is 0 Å². The van der Waals surface area contributed by atoms with Crippen LogP contribution >= 0.6 is 0 Å². The van der Waals surface area contributed by atoms with E-state index >= 15 is 0 Å². The Morgan fingerprint density at radius 2 is 1.83 bits per heavy atom. The summed E-state index contributed by atoms with van der Waals surface area (Å²) in [6.45, 7) is 1.22. The van der Waals surface area contributed by atoms with E-state index in [1.807, 2.05) is 18.2 Å². The summed E-state index contributed by atoms with van der Waals surface area (Å²) in [6.07, 6.45) is 5.25. The van der Waals surface area contributed by atoms with Crippen LogP contribution in [-0.4, -0.2) is 19.1 Å². The standard InChI is InChI=1S/C15H23NO2/c16-12-6-2-5-11-15(17)18-13-7-10-14-8-3-1-4-9-14/h1,3-4,8-9H,2,5-7,10-13,16H2. The van der Waals surface area contributed by atoms with Gasteiger partial charge in [0.15, 0.2) is 0 Å². The van der Waals surface area contributed by atoms with Crippen LogP contribution in [0.4, 0.5) is 0 Å². The van der Waals surface area contributed by atoms with Gasteiger partial charge < -0.3 is 10.5 Å². The monoisotopic (exact) mass is 249 g/mol. The summed E-state index contributed by atoms with van der Waals surface area (Å²) >= 11 is 0. The fourth-order valence-electron chi connectivity index (χ4n) is 1.77. The number of unbranched alkanes of at least 4 members (excludes halogenated alkanes) is 2. The van der Waals surface area contributed by atoms with Gasteiger partial charge in [-0.1, -0.05) is 36.8 Å². The Morgan fingerprint density at radius 1 is 1.06 bits per heavy atom.